The van der Waals surface area contributed by atoms with Gasteiger partial charge in [-0.05, 0) is 48.9 Å². The van der Waals surface area contributed by atoms with Crippen molar-refractivity contribution in [3.8, 4) is 22.8 Å². The molecule has 0 atom stereocenters. The number of Topliss-reactive ketones (excluding diaryl/α,β-unsaturated/α-hetero) is 1. The summed E-state index contributed by atoms with van der Waals surface area (Å²) in [5.41, 5.74) is 3.52. The van der Waals surface area contributed by atoms with Gasteiger partial charge in [0.2, 0.25) is 0 Å². The van der Waals surface area contributed by atoms with Gasteiger partial charge in [-0.15, -0.1) is 11.3 Å². The van der Waals surface area contributed by atoms with Crippen LogP contribution in [0.3, 0.4) is 0 Å². The molecule has 0 N–H and O–H groups in total. The smallest absolute Gasteiger partial charge is 0.163 e. The van der Waals surface area contributed by atoms with Gasteiger partial charge in [0, 0.05) is 29.8 Å². The summed E-state index contributed by atoms with van der Waals surface area (Å²) in [6.45, 7) is 1.56. The van der Waals surface area contributed by atoms with Crippen molar-refractivity contribution < 1.29 is 9.53 Å². The number of carbonyl (C=O) groups is 1. The highest BCUT2D eigenvalue weighted by molar-refractivity contribution is 7.10. The number of aromatic nitrogens is 2. The lowest BCUT2D eigenvalue weighted by molar-refractivity contribution is 0.101. The zero-order valence-corrected chi connectivity index (χ0v) is 16.1. The maximum Gasteiger partial charge on any atom is 0.163 e. The summed E-state index contributed by atoms with van der Waals surface area (Å²) in [7, 11) is 0. The third-order valence-corrected chi connectivity index (χ3v) is 5.11. The molecule has 0 aliphatic heterocycles. The van der Waals surface area contributed by atoms with Gasteiger partial charge in [-0.2, -0.15) is 0 Å². The van der Waals surface area contributed by atoms with Crippen LogP contribution in [0.4, 0.5) is 0 Å². The highest BCUT2D eigenvalue weighted by atomic mass is 32.1. The molecule has 0 radical (unpaired) electrons. The number of para-hydroxylation sites is 1. The van der Waals surface area contributed by atoms with Crippen LogP contribution in [0.2, 0.25) is 0 Å². The number of hydrogen-bond acceptors (Lipinski definition) is 5. The van der Waals surface area contributed by atoms with Gasteiger partial charge >= 0.3 is 0 Å². The quantitative estimate of drug-likeness (QED) is 0.394. The van der Waals surface area contributed by atoms with Crippen molar-refractivity contribution in [1.82, 2.24) is 9.97 Å². The van der Waals surface area contributed by atoms with E-state index in [1.165, 1.54) is 0 Å². The molecule has 0 amide bonds. The molecule has 0 saturated carbocycles. The van der Waals surface area contributed by atoms with Crippen molar-refractivity contribution in [2.24, 2.45) is 0 Å². The second-order valence-corrected chi connectivity index (χ2v) is 7.29. The van der Waals surface area contributed by atoms with Crippen LogP contribution in [0, 0.1) is 0 Å². The Hall–Kier alpha value is -3.31. The van der Waals surface area contributed by atoms with Crippen LogP contribution in [0.5, 0.6) is 11.5 Å². The van der Waals surface area contributed by atoms with E-state index in [2.05, 4.69) is 4.98 Å². The van der Waals surface area contributed by atoms with Crippen LogP contribution in [0.1, 0.15) is 27.9 Å². The highest BCUT2D eigenvalue weighted by Gasteiger charge is 2.12. The second-order valence-electron chi connectivity index (χ2n) is 6.35. The fraction of sp³-hybridized carbons (Fsp3) is 0.0870. The Morgan fingerprint density at radius 2 is 1.93 bits per heavy atom. The first-order valence-electron chi connectivity index (χ1n) is 8.90. The molecule has 2 heterocycles. The molecule has 0 aliphatic rings. The summed E-state index contributed by atoms with van der Waals surface area (Å²) in [4.78, 5) is 21.0. The van der Waals surface area contributed by atoms with Crippen LogP contribution in [0.25, 0.3) is 11.3 Å². The lowest BCUT2D eigenvalue weighted by Crippen LogP contribution is -1.99. The fourth-order valence-electron chi connectivity index (χ4n) is 2.88. The topological polar surface area (TPSA) is 52.1 Å². The van der Waals surface area contributed by atoms with Crippen LogP contribution in [-0.4, -0.2) is 15.8 Å². The van der Waals surface area contributed by atoms with Crippen molar-refractivity contribution in [1.29, 1.82) is 0 Å². The molecule has 0 spiro atoms. The number of benzene rings is 2. The Morgan fingerprint density at radius 3 is 2.68 bits per heavy atom. The molecule has 0 bridgehead atoms. The zero-order chi connectivity index (χ0) is 19.3. The van der Waals surface area contributed by atoms with E-state index in [0.717, 1.165) is 21.8 Å². The van der Waals surface area contributed by atoms with Gasteiger partial charge in [-0.25, -0.2) is 4.98 Å². The monoisotopic (exact) mass is 386 g/mol. The van der Waals surface area contributed by atoms with Crippen LogP contribution < -0.4 is 4.74 Å². The molecule has 0 unspecified atom stereocenters. The first-order valence-corrected chi connectivity index (χ1v) is 9.78. The van der Waals surface area contributed by atoms with E-state index in [-0.39, 0.29) is 5.78 Å². The third kappa shape index (κ3) is 4.15. The number of rotatable bonds is 6. The minimum Gasteiger partial charge on any atom is -0.457 e. The molecule has 4 rings (SSSR count). The number of thiazole rings is 1. The van der Waals surface area contributed by atoms with Gasteiger partial charge in [0.25, 0.3) is 0 Å². The molecule has 4 nitrogen and oxygen atoms in total. The van der Waals surface area contributed by atoms with Crippen molar-refractivity contribution in [3.63, 3.8) is 0 Å². The SMILES string of the molecule is CC(=O)c1cc(Cc2nc(-c3cccnc3)cs2)ccc1Oc1ccccc1. The molecule has 2 aromatic carbocycles. The highest BCUT2D eigenvalue weighted by Crippen LogP contribution is 2.28. The molecular weight excluding hydrogens is 368 g/mol. The minimum atomic E-state index is -0.0250. The summed E-state index contributed by atoms with van der Waals surface area (Å²) >= 11 is 1.61. The van der Waals surface area contributed by atoms with E-state index in [9.17, 15) is 4.79 Å². The van der Waals surface area contributed by atoms with Crippen LogP contribution >= 0.6 is 11.3 Å². The molecule has 2 aromatic heterocycles. The largest absolute Gasteiger partial charge is 0.457 e. The van der Waals surface area contributed by atoms with Gasteiger partial charge in [-0.3, -0.25) is 9.78 Å². The van der Waals surface area contributed by atoms with E-state index in [1.54, 1.807) is 24.5 Å². The Balaban J connectivity index is 1.56. The predicted octanol–water partition coefficient (Wildman–Crippen LogP) is 5.79. The van der Waals surface area contributed by atoms with Crippen molar-refractivity contribution in [2.45, 2.75) is 13.3 Å². The van der Waals surface area contributed by atoms with Crippen LogP contribution in [-0.2, 0) is 6.42 Å². The maximum atomic E-state index is 12.2. The van der Waals surface area contributed by atoms with Crippen LogP contribution in [0.15, 0.2) is 78.4 Å². The number of carbonyl (C=O) groups excluding carboxylic acids is 1. The average molecular weight is 386 g/mol. The number of pyridine rings is 1. The number of ketones is 1. The lowest BCUT2D eigenvalue weighted by atomic mass is 10.0. The first-order chi connectivity index (χ1) is 13.7. The van der Waals surface area contributed by atoms with Crippen molar-refractivity contribution >= 4 is 17.1 Å². The first kappa shape index (κ1) is 18.1. The van der Waals surface area contributed by atoms with E-state index >= 15 is 0 Å². The molecule has 28 heavy (non-hydrogen) atoms. The summed E-state index contributed by atoms with van der Waals surface area (Å²) < 4.78 is 5.90. The lowest BCUT2D eigenvalue weighted by Gasteiger charge is -2.11. The molecule has 4 aromatic rings. The number of nitrogens with zero attached hydrogens (tertiary/aromatic N) is 2. The summed E-state index contributed by atoms with van der Waals surface area (Å²) in [5, 5.41) is 3.02. The van der Waals surface area contributed by atoms with E-state index < -0.39 is 0 Å². The minimum absolute atomic E-state index is 0.0250. The molecule has 138 valence electrons. The molecule has 0 fully saturated rings. The van der Waals surface area contributed by atoms with Crippen molar-refractivity contribution in [2.75, 3.05) is 0 Å². The van der Waals surface area contributed by atoms with Gasteiger partial charge < -0.3 is 4.74 Å². The molecule has 0 aliphatic carbocycles. The van der Waals surface area contributed by atoms with Crippen molar-refractivity contribution in [3.05, 3.63) is 94.6 Å². The Bertz CT molecular complexity index is 1090. The molecule has 5 heteroatoms. The summed E-state index contributed by atoms with van der Waals surface area (Å²) in [6.07, 6.45) is 4.22. The van der Waals surface area contributed by atoms with Gasteiger partial charge in [0.05, 0.1) is 16.3 Å². The summed E-state index contributed by atoms with van der Waals surface area (Å²) in [6, 6.07) is 19.1. The zero-order valence-electron chi connectivity index (χ0n) is 15.3. The van der Waals surface area contributed by atoms with E-state index in [0.29, 0.717) is 23.5 Å². The van der Waals surface area contributed by atoms with Gasteiger partial charge in [0.1, 0.15) is 11.5 Å². The van der Waals surface area contributed by atoms with Gasteiger partial charge in [0.15, 0.2) is 5.78 Å². The summed E-state index contributed by atoms with van der Waals surface area (Å²) in [5.74, 6) is 1.25. The van der Waals surface area contributed by atoms with Gasteiger partial charge in [-0.1, -0.05) is 24.3 Å². The standard InChI is InChI=1S/C23H18N2O2S/c1-16(26)20-12-17(9-10-22(20)27-19-7-3-2-4-8-19)13-23-25-21(15-28-23)18-6-5-11-24-14-18/h2-12,14-15H,13H2,1H3. The number of hydrogen-bond donors (Lipinski definition) is 0. The Kier molecular flexibility index (Phi) is 5.26. The molecule has 0 saturated heterocycles. The maximum absolute atomic E-state index is 12.2. The molecular formula is C23H18N2O2S. The Labute approximate surface area is 167 Å². The third-order valence-electron chi connectivity index (χ3n) is 4.26. The number of ether oxygens (including phenoxy) is 1. The second kappa shape index (κ2) is 8.15. The Morgan fingerprint density at radius 1 is 1.07 bits per heavy atom. The predicted molar refractivity (Wildman–Crippen MR) is 111 cm³/mol. The average Bonchev–Trinajstić information content (AvgIpc) is 3.19. The normalized spacial score (nSPS) is 10.6. The van der Waals surface area contributed by atoms with E-state index in [4.69, 9.17) is 9.72 Å². The van der Waals surface area contributed by atoms with E-state index in [1.807, 2.05) is 72.2 Å². The fourth-order valence-corrected chi connectivity index (χ4v) is 3.72.